The van der Waals surface area contributed by atoms with E-state index in [2.05, 4.69) is 4.98 Å². The maximum atomic E-state index is 11.9. The topological polar surface area (TPSA) is 96.4 Å². The zero-order chi connectivity index (χ0) is 16.2. The normalized spacial score (nSPS) is 20.3. The van der Waals surface area contributed by atoms with Gasteiger partial charge in [-0.15, -0.1) is 0 Å². The van der Waals surface area contributed by atoms with Crippen LogP contribution >= 0.6 is 0 Å². The predicted octanol–water partition coefficient (Wildman–Crippen LogP) is 0.660. The number of nitrogen functional groups attached to an aromatic ring is 1. The first kappa shape index (κ1) is 15.7. The molecule has 2 N–H and O–H groups in total. The van der Waals surface area contributed by atoms with Gasteiger partial charge in [-0.1, -0.05) is 0 Å². The molecule has 2 aromatic rings. The summed E-state index contributed by atoms with van der Waals surface area (Å²) in [5, 5.41) is 0.538. The van der Waals surface area contributed by atoms with E-state index in [1.807, 2.05) is 6.07 Å². The molecule has 1 aliphatic rings. The number of rotatable bonds is 4. The third-order valence-electron chi connectivity index (χ3n) is 3.26. The van der Waals surface area contributed by atoms with Crippen molar-refractivity contribution in [3.63, 3.8) is 0 Å². The van der Waals surface area contributed by atoms with Gasteiger partial charge in [0.1, 0.15) is 0 Å². The molecule has 7 nitrogen and oxygen atoms in total. The van der Waals surface area contributed by atoms with Crippen molar-refractivity contribution < 1.29 is 14.3 Å². The summed E-state index contributed by atoms with van der Waals surface area (Å²) in [6, 6.07) is 10.4. The first-order chi connectivity index (χ1) is 11.1. The molecule has 1 fully saturated rings. The molecule has 1 aromatic heterocycles. The van der Waals surface area contributed by atoms with Crippen LogP contribution < -0.4 is 11.4 Å². The second-order valence-electron chi connectivity index (χ2n) is 4.86. The van der Waals surface area contributed by atoms with Crippen LogP contribution in [0.4, 0.5) is 5.82 Å². The van der Waals surface area contributed by atoms with Crippen molar-refractivity contribution in [2.24, 2.45) is 0 Å². The molecule has 120 valence electrons. The number of carbonyl (C=O) groups is 1. The van der Waals surface area contributed by atoms with E-state index < -0.39 is 5.69 Å². The van der Waals surface area contributed by atoms with Crippen LogP contribution in [-0.4, -0.2) is 42.1 Å². The van der Waals surface area contributed by atoms with Crippen LogP contribution in [-0.2, 0) is 9.47 Å². The molecule has 1 saturated heterocycles. The Kier molecular flexibility index (Phi) is 4.76. The van der Waals surface area contributed by atoms with Crippen LogP contribution in [0.15, 0.2) is 47.4 Å². The van der Waals surface area contributed by atoms with Crippen molar-refractivity contribution >= 4 is 26.7 Å². The van der Waals surface area contributed by atoms with Crippen molar-refractivity contribution in [3.05, 3.63) is 58.6 Å². The standard InChI is InChI=1S/C15H15N3O4Se/c16-11-6-7-18(15(20)17-11)12-9-23-13(22-12)8-21-14(19)10-4-2-1-3-5-10/h1-7,12-13H,8-9H2,(H2,16,17,20). The number of nitrogens with two attached hydrogens (primary N) is 1. The van der Waals surface area contributed by atoms with Crippen molar-refractivity contribution in [3.8, 4) is 0 Å². The molecule has 8 heteroatoms. The van der Waals surface area contributed by atoms with Crippen LogP contribution in [0.5, 0.6) is 0 Å². The second kappa shape index (κ2) is 6.95. The Morgan fingerprint density at radius 3 is 2.91 bits per heavy atom. The van der Waals surface area contributed by atoms with Gasteiger partial charge >= 0.3 is 138 Å². The fourth-order valence-electron chi connectivity index (χ4n) is 2.12. The van der Waals surface area contributed by atoms with E-state index in [0.717, 1.165) is 0 Å². The van der Waals surface area contributed by atoms with Gasteiger partial charge in [-0.05, 0) is 0 Å². The molecule has 0 radical (unpaired) electrons. The van der Waals surface area contributed by atoms with Gasteiger partial charge in [-0.3, -0.25) is 0 Å². The Morgan fingerprint density at radius 2 is 2.17 bits per heavy atom. The number of nitrogens with zero attached hydrogens (tertiary/aromatic N) is 2. The van der Waals surface area contributed by atoms with Crippen molar-refractivity contribution in [1.29, 1.82) is 0 Å². The van der Waals surface area contributed by atoms with Gasteiger partial charge in [0.2, 0.25) is 0 Å². The summed E-state index contributed by atoms with van der Waals surface area (Å²) in [7, 11) is 0. The molecule has 0 amide bonds. The first-order valence-electron chi connectivity index (χ1n) is 6.97. The number of hydrogen-bond donors (Lipinski definition) is 1. The van der Waals surface area contributed by atoms with E-state index in [4.69, 9.17) is 15.2 Å². The Labute approximate surface area is 138 Å². The number of benzene rings is 1. The van der Waals surface area contributed by atoms with Gasteiger partial charge in [0.25, 0.3) is 0 Å². The second-order valence-corrected chi connectivity index (χ2v) is 7.36. The number of aromatic nitrogens is 2. The van der Waals surface area contributed by atoms with Gasteiger partial charge in [0.05, 0.1) is 0 Å². The summed E-state index contributed by atoms with van der Waals surface area (Å²) in [4.78, 5) is 27.4. The molecular formula is C15H15N3O4Se. The Hall–Kier alpha value is -2.15. The number of anilines is 1. The SMILES string of the molecule is Nc1ccn(C2C[Se]C(COC(=O)c3ccccc3)O2)c(=O)n1. The molecule has 1 aliphatic heterocycles. The van der Waals surface area contributed by atoms with Crippen molar-refractivity contribution in [2.75, 3.05) is 12.3 Å². The summed E-state index contributed by atoms with van der Waals surface area (Å²) in [5.41, 5.74) is 5.54. The summed E-state index contributed by atoms with van der Waals surface area (Å²) in [5.74, 6) is -0.192. The van der Waals surface area contributed by atoms with Crippen LogP contribution in [0, 0.1) is 0 Å². The van der Waals surface area contributed by atoms with Crippen LogP contribution in [0.1, 0.15) is 16.6 Å². The average molecular weight is 380 g/mol. The third-order valence-corrected chi connectivity index (χ3v) is 5.56. The van der Waals surface area contributed by atoms with Gasteiger partial charge in [-0.25, -0.2) is 0 Å². The zero-order valence-corrected chi connectivity index (χ0v) is 13.8. The van der Waals surface area contributed by atoms with Crippen LogP contribution in [0.3, 0.4) is 0 Å². The van der Waals surface area contributed by atoms with E-state index >= 15 is 0 Å². The molecule has 0 spiro atoms. The van der Waals surface area contributed by atoms with Crippen molar-refractivity contribution in [2.45, 2.75) is 16.5 Å². The third kappa shape index (κ3) is 3.79. The maximum absolute atomic E-state index is 11.9. The number of carbonyl (C=O) groups excluding carboxylic acids is 1. The minimum absolute atomic E-state index is 0.114. The molecule has 2 atom stereocenters. The molecule has 2 heterocycles. The van der Waals surface area contributed by atoms with E-state index in [0.29, 0.717) is 10.9 Å². The molecule has 0 aliphatic carbocycles. The monoisotopic (exact) mass is 381 g/mol. The van der Waals surface area contributed by atoms with Crippen LogP contribution in [0.2, 0.25) is 5.32 Å². The van der Waals surface area contributed by atoms with Crippen LogP contribution in [0.25, 0.3) is 0 Å². The van der Waals surface area contributed by atoms with Gasteiger partial charge < -0.3 is 0 Å². The Morgan fingerprint density at radius 1 is 1.39 bits per heavy atom. The Bertz CT molecular complexity index is 750. The average Bonchev–Trinajstić information content (AvgIpc) is 3.02. The number of esters is 1. The van der Waals surface area contributed by atoms with E-state index in [1.165, 1.54) is 4.57 Å². The quantitative estimate of drug-likeness (QED) is 0.618. The van der Waals surface area contributed by atoms with Gasteiger partial charge in [-0.2, -0.15) is 0 Å². The van der Waals surface area contributed by atoms with Gasteiger partial charge in [0, 0.05) is 0 Å². The molecule has 2 unspecified atom stereocenters. The van der Waals surface area contributed by atoms with E-state index in [-0.39, 0.29) is 44.6 Å². The summed E-state index contributed by atoms with van der Waals surface area (Å²) < 4.78 is 12.5. The van der Waals surface area contributed by atoms with Crippen molar-refractivity contribution in [1.82, 2.24) is 9.55 Å². The summed E-state index contributed by atoms with van der Waals surface area (Å²) in [6.07, 6.45) is 1.19. The minimum atomic E-state index is -0.437. The molecule has 0 saturated carbocycles. The molecule has 3 rings (SSSR count). The summed E-state index contributed by atoms with van der Waals surface area (Å²) >= 11 is 0.114. The Balaban J connectivity index is 1.56. The first-order valence-corrected chi connectivity index (χ1v) is 9.17. The zero-order valence-electron chi connectivity index (χ0n) is 12.1. The fraction of sp³-hybridized carbons (Fsp3) is 0.267. The van der Waals surface area contributed by atoms with E-state index in [1.54, 1.807) is 36.5 Å². The molecule has 0 bridgehead atoms. The number of ether oxygens (including phenoxy) is 2. The molecule has 23 heavy (non-hydrogen) atoms. The van der Waals surface area contributed by atoms with Gasteiger partial charge in [0.15, 0.2) is 0 Å². The molecular weight excluding hydrogens is 365 g/mol. The predicted molar refractivity (Wildman–Crippen MR) is 84.1 cm³/mol. The molecule has 1 aromatic carbocycles. The fourth-order valence-corrected chi connectivity index (χ4v) is 4.20. The summed E-state index contributed by atoms with van der Waals surface area (Å²) in [6.45, 7) is 0.182. The van der Waals surface area contributed by atoms with E-state index in [9.17, 15) is 9.59 Å². The number of hydrogen-bond acceptors (Lipinski definition) is 6.